The molecule has 0 radical (unpaired) electrons. The molecule has 4 heteroatoms. The van der Waals surface area contributed by atoms with Crippen LogP contribution in [0.25, 0.3) is 0 Å². The maximum Gasteiger partial charge on any atom is 0.220 e. The van der Waals surface area contributed by atoms with Gasteiger partial charge in [-0.2, -0.15) is 0 Å². The summed E-state index contributed by atoms with van der Waals surface area (Å²) in [5.41, 5.74) is 0. The van der Waals surface area contributed by atoms with Gasteiger partial charge in [-0.15, -0.1) is 0 Å². The zero-order valence-electron chi connectivity index (χ0n) is 36.2. The van der Waals surface area contributed by atoms with Gasteiger partial charge >= 0.3 is 0 Å². The molecule has 0 heterocycles. The molecule has 0 bridgehead atoms. The standard InChI is InChI=1S/C48H97NO3/c1-5-7-9-11-13-15-17-19-20-21-22-23-24-25-26-27-28-30-32-34-36-38-40-42-47(51)49-45(43-44(3)4)48(52)46(50)41-39-37-35-33-31-29-18-16-14-12-10-8-6-2/h44-46,48,50,52H,5-43H2,1-4H3,(H,49,51)/t45-,46+,48-/m0/s1. The fourth-order valence-electron chi connectivity index (χ4n) is 7.95. The third-order valence-electron chi connectivity index (χ3n) is 11.5. The lowest BCUT2D eigenvalue weighted by atomic mass is 9.93. The number of aliphatic hydroxyl groups is 2. The highest BCUT2D eigenvalue weighted by Crippen LogP contribution is 2.19. The van der Waals surface area contributed by atoms with Crippen molar-refractivity contribution < 1.29 is 15.0 Å². The highest BCUT2D eigenvalue weighted by Gasteiger charge is 2.28. The molecule has 52 heavy (non-hydrogen) atoms. The van der Waals surface area contributed by atoms with Crippen molar-refractivity contribution in [3.8, 4) is 0 Å². The van der Waals surface area contributed by atoms with Gasteiger partial charge in [0.15, 0.2) is 0 Å². The Hall–Kier alpha value is -0.610. The number of nitrogens with one attached hydrogen (secondary N) is 1. The van der Waals surface area contributed by atoms with Crippen LogP contribution in [-0.4, -0.2) is 34.4 Å². The van der Waals surface area contributed by atoms with E-state index in [-0.39, 0.29) is 11.9 Å². The smallest absolute Gasteiger partial charge is 0.220 e. The van der Waals surface area contributed by atoms with Crippen LogP contribution >= 0.6 is 0 Å². The van der Waals surface area contributed by atoms with Crippen molar-refractivity contribution in [1.82, 2.24) is 5.32 Å². The first-order valence-electron chi connectivity index (χ1n) is 24.1. The molecule has 0 aromatic heterocycles. The van der Waals surface area contributed by atoms with Gasteiger partial charge in [-0.3, -0.25) is 4.79 Å². The van der Waals surface area contributed by atoms with Crippen LogP contribution in [-0.2, 0) is 4.79 Å². The van der Waals surface area contributed by atoms with Gasteiger partial charge in [0, 0.05) is 6.42 Å². The molecule has 0 aliphatic rings. The fourth-order valence-corrected chi connectivity index (χ4v) is 7.95. The highest BCUT2D eigenvalue weighted by molar-refractivity contribution is 5.76. The van der Waals surface area contributed by atoms with E-state index in [2.05, 4.69) is 33.0 Å². The minimum atomic E-state index is -0.891. The van der Waals surface area contributed by atoms with Gasteiger partial charge in [-0.25, -0.2) is 0 Å². The van der Waals surface area contributed by atoms with Crippen molar-refractivity contribution in [2.24, 2.45) is 5.92 Å². The molecule has 0 aliphatic carbocycles. The molecule has 0 rings (SSSR count). The van der Waals surface area contributed by atoms with E-state index in [1.54, 1.807) is 0 Å². The molecule has 3 atom stereocenters. The molecule has 0 spiro atoms. The van der Waals surface area contributed by atoms with E-state index in [0.717, 1.165) is 25.7 Å². The molecular formula is C48H97NO3. The van der Waals surface area contributed by atoms with Gasteiger partial charge < -0.3 is 15.5 Å². The third-order valence-corrected chi connectivity index (χ3v) is 11.5. The SMILES string of the molecule is CCCCCCCCCCCCCCCCCCCCCCCCCC(=O)N[C@@H](CC(C)C)[C@H](O)[C@H](O)CCCCCCCCCCCCCCC. The van der Waals surface area contributed by atoms with Crippen LogP contribution in [0.1, 0.15) is 278 Å². The van der Waals surface area contributed by atoms with E-state index in [1.807, 2.05) is 0 Å². The second-order valence-corrected chi connectivity index (χ2v) is 17.4. The molecule has 0 aliphatic heterocycles. The molecule has 4 nitrogen and oxygen atoms in total. The van der Waals surface area contributed by atoms with Crippen LogP contribution in [0, 0.1) is 5.92 Å². The number of aliphatic hydroxyl groups excluding tert-OH is 2. The predicted octanol–water partition coefficient (Wildman–Crippen LogP) is 15.1. The van der Waals surface area contributed by atoms with Gasteiger partial charge in [0.25, 0.3) is 0 Å². The molecule has 0 saturated heterocycles. The van der Waals surface area contributed by atoms with Crippen LogP contribution in [0.3, 0.4) is 0 Å². The van der Waals surface area contributed by atoms with Crippen LogP contribution in [0.5, 0.6) is 0 Å². The van der Waals surface area contributed by atoms with E-state index < -0.39 is 12.2 Å². The Kier molecular flexibility index (Phi) is 41.1. The Morgan fingerprint density at radius 1 is 0.423 bits per heavy atom. The van der Waals surface area contributed by atoms with Gasteiger partial charge in [0.05, 0.1) is 18.2 Å². The maximum absolute atomic E-state index is 12.8. The number of hydrogen-bond donors (Lipinski definition) is 3. The zero-order chi connectivity index (χ0) is 38.2. The largest absolute Gasteiger partial charge is 0.390 e. The van der Waals surface area contributed by atoms with Gasteiger partial charge in [-0.05, 0) is 25.2 Å². The van der Waals surface area contributed by atoms with Crippen LogP contribution in [0.15, 0.2) is 0 Å². The molecule has 3 N–H and O–H groups in total. The summed E-state index contributed by atoms with van der Waals surface area (Å²) in [6.07, 6.45) is 48.6. The van der Waals surface area contributed by atoms with Crippen molar-refractivity contribution in [3.63, 3.8) is 0 Å². The van der Waals surface area contributed by atoms with Crippen LogP contribution < -0.4 is 5.32 Å². The number of unbranched alkanes of at least 4 members (excludes halogenated alkanes) is 34. The summed E-state index contributed by atoms with van der Waals surface area (Å²) >= 11 is 0. The van der Waals surface area contributed by atoms with E-state index in [0.29, 0.717) is 25.2 Å². The monoisotopic (exact) mass is 736 g/mol. The zero-order valence-corrected chi connectivity index (χ0v) is 36.2. The van der Waals surface area contributed by atoms with Crippen molar-refractivity contribution >= 4 is 5.91 Å². The number of carbonyl (C=O) groups is 1. The Morgan fingerprint density at radius 3 is 0.981 bits per heavy atom. The summed E-state index contributed by atoms with van der Waals surface area (Å²) in [5, 5.41) is 24.8. The number of rotatable bonds is 43. The predicted molar refractivity (Wildman–Crippen MR) is 230 cm³/mol. The maximum atomic E-state index is 12.8. The molecular weight excluding hydrogens is 639 g/mol. The number of hydrogen-bond acceptors (Lipinski definition) is 3. The van der Waals surface area contributed by atoms with Crippen molar-refractivity contribution in [1.29, 1.82) is 0 Å². The summed E-state index contributed by atoms with van der Waals surface area (Å²) in [7, 11) is 0. The lowest BCUT2D eigenvalue weighted by molar-refractivity contribution is -0.123. The summed E-state index contributed by atoms with van der Waals surface area (Å²) in [4.78, 5) is 12.8. The van der Waals surface area contributed by atoms with E-state index in [1.165, 1.54) is 205 Å². The number of amides is 1. The fraction of sp³-hybridized carbons (Fsp3) is 0.979. The summed E-state index contributed by atoms with van der Waals surface area (Å²) in [6.45, 7) is 8.80. The second-order valence-electron chi connectivity index (χ2n) is 17.4. The molecule has 0 saturated carbocycles. The molecule has 0 aromatic rings. The third kappa shape index (κ3) is 37.7. The topological polar surface area (TPSA) is 69.6 Å². The van der Waals surface area contributed by atoms with Crippen molar-refractivity contribution in [3.05, 3.63) is 0 Å². The van der Waals surface area contributed by atoms with Gasteiger partial charge in [0.1, 0.15) is 0 Å². The Morgan fingerprint density at radius 2 is 0.692 bits per heavy atom. The lowest BCUT2D eigenvalue weighted by Crippen LogP contribution is -2.49. The normalized spacial score (nSPS) is 13.5. The molecule has 0 aromatic carbocycles. The quantitative estimate of drug-likeness (QED) is 0.0546. The Balaban J connectivity index is 3.71. The van der Waals surface area contributed by atoms with Gasteiger partial charge in [0.2, 0.25) is 5.91 Å². The van der Waals surface area contributed by atoms with Gasteiger partial charge in [-0.1, -0.05) is 252 Å². The van der Waals surface area contributed by atoms with Crippen LogP contribution in [0.4, 0.5) is 0 Å². The van der Waals surface area contributed by atoms with E-state index >= 15 is 0 Å². The lowest BCUT2D eigenvalue weighted by Gasteiger charge is -2.29. The minimum absolute atomic E-state index is 0.0290. The van der Waals surface area contributed by atoms with Crippen LogP contribution in [0.2, 0.25) is 0 Å². The summed E-state index contributed by atoms with van der Waals surface area (Å²) in [6, 6.07) is -0.367. The highest BCUT2D eigenvalue weighted by atomic mass is 16.3. The summed E-state index contributed by atoms with van der Waals surface area (Å²) < 4.78 is 0. The van der Waals surface area contributed by atoms with E-state index in [9.17, 15) is 15.0 Å². The minimum Gasteiger partial charge on any atom is -0.390 e. The average Bonchev–Trinajstić information content (AvgIpc) is 3.13. The first-order chi connectivity index (χ1) is 25.4. The molecule has 1 amide bonds. The van der Waals surface area contributed by atoms with E-state index in [4.69, 9.17) is 0 Å². The number of carbonyl (C=O) groups excluding carboxylic acids is 1. The first kappa shape index (κ1) is 51.4. The molecule has 0 unspecified atom stereocenters. The van der Waals surface area contributed by atoms with Crippen molar-refractivity contribution in [2.45, 2.75) is 296 Å². The molecule has 0 fully saturated rings. The average molecular weight is 736 g/mol. The Labute approximate surface area is 327 Å². The molecule has 312 valence electrons. The Bertz CT molecular complexity index is 697. The second kappa shape index (κ2) is 41.6. The summed E-state index contributed by atoms with van der Waals surface area (Å²) in [5.74, 6) is 0.379. The van der Waals surface area contributed by atoms with Crippen molar-refractivity contribution in [2.75, 3.05) is 0 Å². The first-order valence-corrected chi connectivity index (χ1v) is 24.1.